The summed E-state index contributed by atoms with van der Waals surface area (Å²) >= 11 is 0. The zero-order chi connectivity index (χ0) is 20.0. The van der Waals surface area contributed by atoms with Gasteiger partial charge in [0.2, 0.25) is 0 Å². The molecule has 0 fully saturated rings. The fourth-order valence-corrected chi connectivity index (χ4v) is 1.70. The summed E-state index contributed by atoms with van der Waals surface area (Å²) in [5, 5.41) is 40.2. The molecule has 0 atom stereocenters. The van der Waals surface area contributed by atoms with E-state index in [1.54, 1.807) is 0 Å². The summed E-state index contributed by atoms with van der Waals surface area (Å²) in [5.41, 5.74) is -1.80. The average molecular weight is 365 g/mol. The van der Waals surface area contributed by atoms with Crippen LogP contribution in [0.1, 0.15) is 5.56 Å². The van der Waals surface area contributed by atoms with Crippen LogP contribution in [0.15, 0.2) is 30.5 Å². The number of benzene rings is 1. The van der Waals surface area contributed by atoms with Crippen molar-refractivity contribution in [2.45, 2.75) is 6.92 Å². The van der Waals surface area contributed by atoms with Crippen molar-refractivity contribution < 1.29 is 19.9 Å². The highest BCUT2D eigenvalue weighted by molar-refractivity contribution is 5.64. The molecule has 2 rings (SSSR count). The van der Waals surface area contributed by atoms with Gasteiger partial charge in [-0.25, -0.2) is 4.98 Å². The number of nitrogens with zero attached hydrogens (tertiary/aromatic N) is 5. The van der Waals surface area contributed by atoms with Crippen molar-refractivity contribution in [1.29, 1.82) is 0 Å². The van der Waals surface area contributed by atoms with Gasteiger partial charge in [0, 0.05) is 20.3 Å². The van der Waals surface area contributed by atoms with Crippen LogP contribution in [0.2, 0.25) is 0 Å². The largest absolute Gasteiger partial charge is 0.497 e. The number of anilines is 1. The fraction of sp³-hybridized carbons (Fsp3) is 0.214. The molecule has 0 amide bonds. The third-order valence-corrected chi connectivity index (χ3v) is 3.01. The molecule has 0 aliphatic rings. The van der Waals surface area contributed by atoms with Crippen molar-refractivity contribution in [2.75, 3.05) is 19.0 Å². The van der Waals surface area contributed by atoms with Crippen LogP contribution >= 0.6 is 0 Å². The Morgan fingerprint density at radius 1 is 0.962 bits per heavy atom. The maximum atomic E-state index is 10.4. The quantitative estimate of drug-likeness (QED) is 0.632. The SMILES string of the molecule is Cc1ccc(N(C)C)nc1.O=[N+]([O-])c1cc([N+](=O)[O-])c(O)c([N+](=O)[O-])c1. The zero-order valence-electron chi connectivity index (χ0n) is 14.0. The monoisotopic (exact) mass is 365 g/mol. The van der Waals surface area contributed by atoms with Crippen LogP contribution in [0.3, 0.4) is 0 Å². The van der Waals surface area contributed by atoms with Crippen LogP contribution in [-0.2, 0) is 0 Å². The van der Waals surface area contributed by atoms with Gasteiger partial charge in [0.05, 0.1) is 26.9 Å². The second kappa shape index (κ2) is 8.32. The molecule has 0 aliphatic carbocycles. The number of phenols is 1. The number of hydrogen-bond donors (Lipinski definition) is 1. The lowest BCUT2D eigenvalue weighted by Crippen LogP contribution is -2.09. The molecule has 26 heavy (non-hydrogen) atoms. The maximum absolute atomic E-state index is 10.4. The Labute approximate surface area is 146 Å². The molecular formula is C14H15N5O7. The molecule has 0 radical (unpaired) electrons. The third-order valence-electron chi connectivity index (χ3n) is 3.01. The van der Waals surface area contributed by atoms with Gasteiger partial charge in [-0.2, -0.15) is 0 Å². The predicted molar refractivity (Wildman–Crippen MR) is 91.4 cm³/mol. The summed E-state index contributed by atoms with van der Waals surface area (Å²) < 4.78 is 0. The van der Waals surface area contributed by atoms with Crippen molar-refractivity contribution in [3.63, 3.8) is 0 Å². The summed E-state index contributed by atoms with van der Waals surface area (Å²) in [6.07, 6.45) is 1.87. The van der Waals surface area contributed by atoms with Crippen LogP contribution < -0.4 is 4.90 Å². The molecule has 0 bridgehead atoms. The molecule has 1 aromatic carbocycles. The van der Waals surface area contributed by atoms with Crippen LogP contribution in [0.5, 0.6) is 5.75 Å². The molecule has 1 aromatic heterocycles. The van der Waals surface area contributed by atoms with E-state index in [-0.39, 0.29) is 0 Å². The number of pyridine rings is 1. The highest BCUT2D eigenvalue weighted by atomic mass is 16.6. The van der Waals surface area contributed by atoms with Gasteiger partial charge in [-0.05, 0) is 18.6 Å². The fourth-order valence-electron chi connectivity index (χ4n) is 1.70. The first-order valence-electron chi connectivity index (χ1n) is 6.94. The first kappa shape index (κ1) is 20.2. The lowest BCUT2D eigenvalue weighted by Gasteiger charge is -2.09. The summed E-state index contributed by atoms with van der Waals surface area (Å²) in [6.45, 7) is 2.03. The van der Waals surface area contributed by atoms with E-state index in [0.717, 1.165) is 5.82 Å². The molecular weight excluding hydrogens is 350 g/mol. The number of nitro benzene ring substituents is 3. The Bertz CT molecular complexity index is 801. The smallest absolute Gasteiger partial charge is 0.324 e. The Balaban J connectivity index is 0.000000289. The van der Waals surface area contributed by atoms with Gasteiger partial charge in [-0.3, -0.25) is 30.3 Å². The van der Waals surface area contributed by atoms with E-state index in [9.17, 15) is 30.3 Å². The second-order valence-electron chi connectivity index (χ2n) is 5.19. The van der Waals surface area contributed by atoms with Crippen molar-refractivity contribution in [3.8, 4) is 5.75 Å². The van der Waals surface area contributed by atoms with Crippen molar-refractivity contribution >= 4 is 22.9 Å². The molecule has 12 heteroatoms. The van der Waals surface area contributed by atoms with Crippen LogP contribution in [0.4, 0.5) is 22.9 Å². The van der Waals surface area contributed by atoms with Gasteiger partial charge in [0.15, 0.2) is 0 Å². The highest BCUT2D eigenvalue weighted by Crippen LogP contribution is 2.38. The van der Waals surface area contributed by atoms with Crippen LogP contribution in [0.25, 0.3) is 0 Å². The summed E-state index contributed by atoms with van der Waals surface area (Å²) in [5.74, 6) is -0.203. The standard InChI is InChI=1S/C8H12N2.C6H3N3O7/c1-7-4-5-8(9-6-7)10(2)3;10-6-4(8(13)14)1-3(7(11)12)2-5(6)9(15)16/h4-6H,1-3H3;1-2,10H. The average Bonchev–Trinajstić information content (AvgIpc) is 2.55. The van der Waals surface area contributed by atoms with Gasteiger partial charge in [0.25, 0.3) is 11.4 Å². The van der Waals surface area contributed by atoms with E-state index >= 15 is 0 Å². The summed E-state index contributed by atoms with van der Waals surface area (Å²) in [4.78, 5) is 34.0. The molecule has 12 nitrogen and oxygen atoms in total. The van der Waals surface area contributed by atoms with E-state index in [0.29, 0.717) is 12.1 Å². The Hall–Kier alpha value is -3.83. The molecule has 2 aromatic rings. The lowest BCUT2D eigenvalue weighted by molar-refractivity contribution is -0.404. The molecule has 0 unspecified atom stereocenters. The first-order valence-corrected chi connectivity index (χ1v) is 6.94. The Kier molecular flexibility index (Phi) is 6.47. The molecule has 1 heterocycles. The lowest BCUT2D eigenvalue weighted by atomic mass is 10.2. The third kappa shape index (κ3) is 5.09. The van der Waals surface area contributed by atoms with Crippen LogP contribution in [0, 0.1) is 37.3 Å². The molecule has 0 saturated heterocycles. The highest BCUT2D eigenvalue weighted by Gasteiger charge is 2.30. The Morgan fingerprint density at radius 3 is 1.77 bits per heavy atom. The van der Waals surface area contributed by atoms with Gasteiger partial charge in [0.1, 0.15) is 5.82 Å². The molecule has 138 valence electrons. The molecule has 0 spiro atoms. The van der Waals surface area contributed by atoms with Gasteiger partial charge >= 0.3 is 11.4 Å². The molecule has 1 N–H and O–H groups in total. The normalized spacial score (nSPS) is 9.65. The van der Waals surface area contributed by atoms with E-state index in [1.165, 1.54) is 5.56 Å². The van der Waals surface area contributed by atoms with Crippen molar-refractivity contribution in [1.82, 2.24) is 4.98 Å². The summed E-state index contributed by atoms with van der Waals surface area (Å²) in [6, 6.07) is 4.96. The van der Waals surface area contributed by atoms with Crippen molar-refractivity contribution in [2.24, 2.45) is 0 Å². The number of aryl methyl sites for hydroxylation is 1. The van der Waals surface area contributed by atoms with Gasteiger partial charge < -0.3 is 10.0 Å². The first-order chi connectivity index (χ1) is 12.0. The number of rotatable bonds is 4. The molecule has 0 saturated carbocycles. The minimum atomic E-state index is -1.21. The molecule has 0 aliphatic heterocycles. The van der Waals surface area contributed by atoms with Gasteiger partial charge in [-0.1, -0.05) is 6.07 Å². The zero-order valence-corrected chi connectivity index (χ0v) is 14.0. The topological polar surface area (TPSA) is 166 Å². The van der Waals surface area contributed by atoms with E-state index in [1.807, 2.05) is 38.2 Å². The number of nitro groups is 3. The number of non-ortho nitro benzene ring substituents is 1. The maximum Gasteiger partial charge on any atom is 0.324 e. The predicted octanol–water partition coefficient (Wildman–Crippen LogP) is 2.57. The number of aromatic hydroxyl groups is 1. The minimum Gasteiger partial charge on any atom is -0.497 e. The van der Waals surface area contributed by atoms with Gasteiger partial charge in [-0.15, -0.1) is 0 Å². The van der Waals surface area contributed by atoms with E-state index in [2.05, 4.69) is 11.1 Å². The van der Waals surface area contributed by atoms with Crippen molar-refractivity contribution in [3.05, 3.63) is 66.4 Å². The van der Waals surface area contributed by atoms with Crippen LogP contribution in [-0.4, -0.2) is 39.0 Å². The minimum absolute atomic E-state index is 0.447. The summed E-state index contributed by atoms with van der Waals surface area (Å²) in [7, 11) is 3.97. The number of hydrogen-bond acceptors (Lipinski definition) is 9. The van der Waals surface area contributed by atoms with E-state index in [4.69, 9.17) is 5.11 Å². The Morgan fingerprint density at radius 2 is 1.46 bits per heavy atom. The number of aromatic nitrogens is 1. The number of phenolic OH excluding ortho intramolecular Hbond substituents is 1. The van der Waals surface area contributed by atoms with E-state index < -0.39 is 37.6 Å². The second-order valence-corrected chi connectivity index (χ2v) is 5.19.